The van der Waals surface area contributed by atoms with E-state index in [0.717, 1.165) is 0 Å². The Kier molecular flexibility index (Phi) is 3.76. The van der Waals surface area contributed by atoms with E-state index in [1.54, 1.807) is 24.3 Å². The Balaban J connectivity index is 2.25. The largest absolute Gasteiger partial charge is 0.465 e. The van der Waals surface area contributed by atoms with Crippen LogP contribution in [0.1, 0.15) is 5.82 Å². The van der Waals surface area contributed by atoms with E-state index in [1.807, 2.05) is 0 Å². The molecule has 0 aliphatic rings. The van der Waals surface area contributed by atoms with Gasteiger partial charge in [-0.3, -0.25) is 9.36 Å². The van der Waals surface area contributed by atoms with Crippen LogP contribution in [0.2, 0.25) is 0 Å². The van der Waals surface area contributed by atoms with Crippen LogP contribution in [0.25, 0.3) is 16.6 Å². The smallest absolute Gasteiger partial charge is 0.405 e. The molecule has 0 radical (unpaired) electrons. The molecule has 3 aromatic rings. The van der Waals surface area contributed by atoms with E-state index in [2.05, 4.69) is 10.3 Å². The molecule has 0 spiro atoms. The van der Waals surface area contributed by atoms with Crippen LogP contribution in [0.3, 0.4) is 0 Å². The summed E-state index contributed by atoms with van der Waals surface area (Å²) in [5.41, 5.74) is 0.541. The van der Waals surface area contributed by atoms with Gasteiger partial charge in [-0.1, -0.05) is 12.1 Å². The van der Waals surface area contributed by atoms with Crippen LogP contribution in [0, 0.1) is 5.82 Å². The molecule has 6 nitrogen and oxygen atoms in total. The lowest BCUT2D eigenvalue weighted by atomic mass is 10.2. The Morgan fingerprint density at radius 1 is 1.17 bits per heavy atom. The molecule has 23 heavy (non-hydrogen) atoms. The highest BCUT2D eigenvalue weighted by molar-refractivity contribution is 5.77. The zero-order valence-electron chi connectivity index (χ0n) is 11.9. The molecule has 2 N–H and O–H groups in total. The number of para-hydroxylation sites is 1. The molecule has 116 valence electrons. The molecule has 1 amide bonds. The minimum absolute atomic E-state index is 0.146. The van der Waals surface area contributed by atoms with Crippen molar-refractivity contribution in [2.45, 2.75) is 6.54 Å². The molecule has 3 rings (SSSR count). The Labute approximate surface area is 129 Å². The van der Waals surface area contributed by atoms with Crippen molar-refractivity contribution < 1.29 is 14.3 Å². The number of rotatable bonds is 3. The van der Waals surface area contributed by atoms with Crippen LogP contribution in [-0.2, 0) is 6.54 Å². The van der Waals surface area contributed by atoms with Crippen molar-refractivity contribution in [2.75, 3.05) is 0 Å². The Morgan fingerprint density at radius 2 is 1.87 bits per heavy atom. The second-order valence-corrected chi connectivity index (χ2v) is 4.82. The number of hydrogen-bond acceptors (Lipinski definition) is 3. The maximum atomic E-state index is 13.1. The highest BCUT2D eigenvalue weighted by atomic mass is 19.1. The Hall–Kier alpha value is -3.22. The molecule has 7 heteroatoms. The summed E-state index contributed by atoms with van der Waals surface area (Å²) in [6, 6.07) is 12.1. The fourth-order valence-corrected chi connectivity index (χ4v) is 2.31. The Bertz CT molecular complexity index is 935. The predicted octanol–water partition coefficient (Wildman–Crippen LogP) is 2.29. The molecular formula is C16H12FN3O3. The van der Waals surface area contributed by atoms with E-state index in [1.165, 1.54) is 28.8 Å². The van der Waals surface area contributed by atoms with E-state index >= 15 is 0 Å². The van der Waals surface area contributed by atoms with Gasteiger partial charge in [-0.05, 0) is 36.4 Å². The van der Waals surface area contributed by atoms with E-state index in [9.17, 15) is 14.0 Å². The van der Waals surface area contributed by atoms with Crippen molar-refractivity contribution in [1.82, 2.24) is 14.9 Å². The molecule has 0 aliphatic carbocycles. The molecule has 1 heterocycles. The van der Waals surface area contributed by atoms with E-state index < -0.39 is 11.9 Å². The Morgan fingerprint density at radius 3 is 2.57 bits per heavy atom. The van der Waals surface area contributed by atoms with Gasteiger partial charge in [0.1, 0.15) is 11.6 Å². The lowest BCUT2D eigenvalue weighted by Gasteiger charge is -2.13. The number of aromatic nitrogens is 2. The second kappa shape index (κ2) is 5.88. The second-order valence-electron chi connectivity index (χ2n) is 4.82. The molecule has 1 aromatic heterocycles. The number of fused-ring (bicyclic) bond motifs is 1. The summed E-state index contributed by atoms with van der Waals surface area (Å²) in [7, 11) is 0. The van der Waals surface area contributed by atoms with E-state index in [4.69, 9.17) is 5.11 Å². The van der Waals surface area contributed by atoms with Crippen molar-refractivity contribution in [2.24, 2.45) is 0 Å². The summed E-state index contributed by atoms with van der Waals surface area (Å²) in [4.78, 5) is 27.8. The number of amides is 1. The SMILES string of the molecule is O=C(O)NCc1nc2ccccc2c(=O)n1-c1ccc(F)cc1. The van der Waals surface area contributed by atoms with Gasteiger partial charge in [0.05, 0.1) is 23.1 Å². The lowest BCUT2D eigenvalue weighted by Crippen LogP contribution is -2.29. The third-order valence-electron chi connectivity index (χ3n) is 3.33. The topological polar surface area (TPSA) is 84.2 Å². The van der Waals surface area contributed by atoms with Crippen molar-refractivity contribution in [3.8, 4) is 5.69 Å². The van der Waals surface area contributed by atoms with Gasteiger partial charge in [0.2, 0.25) is 0 Å². The summed E-state index contributed by atoms with van der Waals surface area (Å²) in [6.45, 7) is -0.146. The van der Waals surface area contributed by atoms with Crippen LogP contribution in [0.15, 0.2) is 53.3 Å². The van der Waals surface area contributed by atoms with Crippen LogP contribution >= 0.6 is 0 Å². The van der Waals surface area contributed by atoms with Crippen LogP contribution in [0.4, 0.5) is 9.18 Å². The number of hydrogen-bond donors (Lipinski definition) is 2. The number of halogens is 1. The maximum Gasteiger partial charge on any atom is 0.405 e. The third-order valence-corrected chi connectivity index (χ3v) is 3.33. The van der Waals surface area contributed by atoms with Crippen LogP contribution in [0.5, 0.6) is 0 Å². The fraction of sp³-hybridized carbons (Fsp3) is 0.0625. The summed E-state index contributed by atoms with van der Waals surface area (Å²) in [5.74, 6) is -0.205. The summed E-state index contributed by atoms with van der Waals surface area (Å²) in [5, 5.41) is 11.4. The summed E-state index contributed by atoms with van der Waals surface area (Å²) in [6.07, 6.45) is -1.22. The van der Waals surface area contributed by atoms with E-state index in [0.29, 0.717) is 16.6 Å². The van der Waals surface area contributed by atoms with Crippen molar-refractivity contribution in [3.63, 3.8) is 0 Å². The first-order chi connectivity index (χ1) is 11.1. The quantitative estimate of drug-likeness (QED) is 0.777. The van der Waals surface area contributed by atoms with Crippen molar-refractivity contribution in [3.05, 3.63) is 70.5 Å². The highest BCUT2D eigenvalue weighted by Crippen LogP contribution is 2.13. The zero-order valence-corrected chi connectivity index (χ0v) is 11.9. The monoisotopic (exact) mass is 313 g/mol. The average molecular weight is 313 g/mol. The first kappa shape index (κ1) is 14.7. The van der Waals surface area contributed by atoms with Gasteiger partial charge in [0.25, 0.3) is 5.56 Å². The molecule has 0 saturated carbocycles. The van der Waals surface area contributed by atoms with Crippen LogP contribution < -0.4 is 10.9 Å². The van der Waals surface area contributed by atoms with E-state index in [-0.39, 0.29) is 17.9 Å². The molecule has 0 atom stereocenters. The van der Waals surface area contributed by atoms with Crippen molar-refractivity contribution in [1.29, 1.82) is 0 Å². The van der Waals surface area contributed by atoms with Crippen LogP contribution in [-0.4, -0.2) is 20.8 Å². The van der Waals surface area contributed by atoms with Gasteiger partial charge in [-0.25, -0.2) is 14.2 Å². The molecular weight excluding hydrogens is 301 g/mol. The molecule has 0 fully saturated rings. The first-order valence-electron chi connectivity index (χ1n) is 6.79. The fourth-order valence-electron chi connectivity index (χ4n) is 2.31. The summed E-state index contributed by atoms with van der Waals surface area (Å²) >= 11 is 0. The summed E-state index contributed by atoms with van der Waals surface area (Å²) < 4.78 is 14.4. The van der Waals surface area contributed by atoms with Gasteiger partial charge in [0.15, 0.2) is 0 Å². The molecule has 0 bridgehead atoms. The normalized spacial score (nSPS) is 10.7. The van der Waals surface area contributed by atoms with Crippen molar-refractivity contribution >= 4 is 17.0 Å². The molecule has 0 aliphatic heterocycles. The first-order valence-corrected chi connectivity index (χ1v) is 6.79. The number of carboxylic acid groups (broad SMARTS) is 1. The minimum atomic E-state index is -1.22. The van der Waals surface area contributed by atoms with Gasteiger partial charge < -0.3 is 10.4 Å². The number of nitrogens with one attached hydrogen (secondary N) is 1. The lowest BCUT2D eigenvalue weighted by molar-refractivity contribution is 0.193. The maximum absolute atomic E-state index is 13.1. The molecule has 0 saturated heterocycles. The number of benzene rings is 2. The molecule has 0 unspecified atom stereocenters. The number of carbonyl (C=O) groups is 1. The highest BCUT2D eigenvalue weighted by Gasteiger charge is 2.13. The average Bonchev–Trinajstić information content (AvgIpc) is 2.54. The predicted molar refractivity (Wildman–Crippen MR) is 82.2 cm³/mol. The zero-order chi connectivity index (χ0) is 16.4. The minimum Gasteiger partial charge on any atom is -0.465 e. The van der Waals surface area contributed by atoms with Gasteiger partial charge in [0, 0.05) is 0 Å². The third kappa shape index (κ3) is 2.89. The van der Waals surface area contributed by atoms with Gasteiger partial charge in [-0.15, -0.1) is 0 Å². The standard InChI is InChI=1S/C16H12FN3O3/c17-10-5-7-11(8-6-10)20-14(9-18-16(22)23)19-13-4-2-1-3-12(13)15(20)21/h1-8,18H,9H2,(H,22,23). The van der Waals surface area contributed by atoms with Gasteiger partial charge >= 0.3 is 6.09 Å². The molecule has 2 aromatic carbocycles. The van der Waals surface area contributed by atoms with Gasteiger partial charge in [-0.2, -0.15) is 0 Å². The number of nitrogens with zero attached hydrogens (tertiary/aromatic N) is 2.